The molecule has 0 aromatic heterocycles. The monoisotopic (exact) mass is 206 g/mol. The van der Waals surface area contributed by atoms with Gasteiger partial charge in [-0.05, 0) is 12.2 Å². The lowest BCUT2D eigenvalue weighted by Crippen LogP contribution is -2.51. The predicted octanol–water partition coefficient (Wildman–Crippen LogP) is 0.510. The van der Waals surface area contributed by atoms with Gasteiger partial charge in [-0.2, -0.15) is 25.3 Å². The van der Waals surface area contributed by atoms with Crippen LogP contribution in [0, 0.1) is 0 Å². The van der Waals surface area contributed by atoms with Crippen molar-refractivity contribution in [2.24, 2.45) is 0 Å². The highest BCUT2D eigenvalue weighted by molar-refractivity contribution is 7.80. The zero-order chi connectivity index (χ0) is 8.81. The fourth-order valence-corrected chi connectivity index (χ4v) is 2.21. The zero-order valence-electron chi connectivity index (χ0n) is 7.37. The summed E-state index contributed by atoms with van der Waals surface area (Å²) in [4.78, 5) is 2.51. The molecule has 1 saturated heterocycles. The van der Waals surface area contributed by atoms with Gasteiger partial charge in [-0.15, -0.1) is 0 Å². The average Bonchev–Trinajstić information content (AvgIpc) is 2.09. The quantitative estimate of drug-likeness (QED) is 0.581. The van der Waals surface area contributed by atoms with E-state index in [1.807, 2.05) is 0 Å². The first-order valence-corrected chi connectivity index (χ1v) is 5.81. The summed E-state index contributed by atoms with van der Waals surface area (Å²) >= 11 is 8.52. The summed E-state index contributed by atoms with van der Waals surface area (Å²) in [5, 5.41) is 3.41. The maximum absolute atomic E-state index is 4.27. The van der Waals surface area contributed by atoms with E-state index in [0.29, 0.717) is 6.04 Å². The van der Waals surface area contributed by atoms with Crippen molar-refractivity contribution in [1.82, 2.24) is 10.2 Å². The molecule has 0 aliphatic carbocycles. The highest BCUT2D eigenvalue weighted by Crippen LogP contribution is 2.07. The second kappa shape index (κ2) is 6.13. The Morgan fingerprint density at radius 3 is 2.83 bits per heavy atom. The molecule has 0 bridgehead atoms. The van der Waals surface area contributed by atoms with E-state index in [2.05, 4.69) is 35.5 Å². The van der Waals surface area contributed by atoms with Crippen LogP contribution in [-0.2, 0) is 0 Å². The largest absolute Gasteiger partial charge is 0.314 e. The number of hydrogen-bond acceptors (Lipinski definition) is 4. The number of nitrogens with one attached hydrogen (secondary N) is 1. The number of thiol groups is 2. The van der Waals surface area contributed by atoms with Gasteiger partial charge in [0.15, 0.2) is 0 Å². The normalized spacial score (nSPS) is 26.0. The predicted molar refractivity (Wildman–Crippen MR) is 60.6 cm³/mol. The number of rotatable bonds is 4. The second-order valence-electron chi connectivity index (χ2n) is 3.13. The van der Waals surface area contributed by atoms with Crippen LogP contribution in [0.4, 0.5) is 0 Å². The van der Waals surface area contributed by atoms with Crippen molar-refractivity contribution in [3.05, 3.63) is 0 Å². The van der Waals surface area contributed by atoms with Crippen LogP contribution in [0.3, 0.4) is 0 Å². The first-order valence-electron chi connectivity index (χ1n) is 4.55. The molecule has 1 heterocycles. The Hall–Kier alpha value is 0.620. The fourth-order valence-electron chi connectivity index (χ4n) is 1.66. The highest BCUT2D eigenvalue weighted by Gasteiger charge is 2.19. The van der Waals surface area contributed by atoms with Crippen LogP contribution in [0.1, 0.15) is 6.42 Å². The summed E-state index contributed by atoms with van der Waals surface area (Å²) in [6.45, 7) is 4.52. The molecule has 1 rings (SSSR count). The molecular weight excluding hydrogens is 188 g/mol. The Bertz CT molecular complexity index is 104. The minimum Gasteiger partial charge on any atom is -0.314 e. The molecule has 1 fully saturated rings. The molecule has 2 nitrogen and oxygen atoms in total. The molecule has 0 aromatic carbocycles. The molecule has 12 heavy (non-hydrogen) atoms. The Balaban J connectivity index is 2.31. The minimum atomic E-state index is 0.684. The van der Waals surface area contributed by atoms with Crippen molar-refractivity contribution in [3.63, 3.8) is 0 Å². The SMILES string of the molecule is SCCC1CNCCN1CCS. The third-order valence-corrected chi connectivity index (χ3v) is 2.78. The molecule has 4 heteroatoms. The summed E-state index contributed by atoms with van der Waals surface area (Å²) in [6.07, 6.45) is 1.18. The van der Waals surface area contributed by atoms with Crippen LogP contribution in [0.5, 0.6) is 0 Å². The summed E-state index contributed by atoms with van der Waals surface area (Å²) in [7, 11) is 0. The number of nitrogens with zero attached hydrogens (tertiary/aromatic N) is 1. The van der Waals surface area contributed by atoms with E-state index in [1.165, 1.54) is 13.0 Å². The molecule has 0 radical (unpaired) electrons. The molecule has 1 aliphatic heterocycles. The first kappa shape index (κ1) is 10.7. The standard InChI is InChI=1S/C8H18N2S2/c11-5-1-8-7-9-2-3-10(8)4-6-12/h8-9,11-12H,1-7H2. The summed E-state index contributed by atoms with van der Waals surface area (Å²) in [5.41, 5.74) is 0. The Labute approximate surface area is 85.9 Å². The van der Waals surface area contributed by atoms with E-state index < -0.39 is 0 Å². The molecule has 0 amide bonds. The third kappa shape index (κ3) is 3.17. The van der Waals surface area contributed by atoms with Crippen LogP contribution in [0.2, 0.25) is 0 Å². The zero-order valence-corrected chi connectivity index (χ0v) is 9.16. The van der Waals surface area contributed by atoms with Crippen LogP contribution in [0.25, 0.3) is 0 Å². The first-order chi connectivity index (χ1) is 5.88. The molecule has 1 atom stereocenters. The van der Waals surface area contributed by atoms with Crippen molar-refractivity contribution < 1.29 is 0 Å². The Morgan fingerprint density at radius 2 is 2.17 bits per heavy atom. The summed E-state index contributed by atoms with van der Waals surface area (Å²) in [6, 6.07) is 0.684. The van der Waals surface area contributed by atoms with Crippen LogP contribution < -0.4 is 5.32 Å². The van der Waals surface area contributed by atoms with Gasteiger partial charge in [0, 0.05) is 38.0 Å². The average molecular weight is 206 g/mol. The van der Waals surface area contributed by atoms with E-state index >= 15 is 0 Å². The Morgan fingerprint density at radius 1 is 1.33 bits per heavy atom. The van der Waals surface area contributed by atoms with Gasteiger partial charge in [0.05, 0.1) is 0 Å². The van der Waals surface area contributed by atoms with Crippen molar-refractivity contribution >= 4 is 25.3 Å². The lowest BCUT2D eigenvalue weighted by atomic mass is 10.1. The third-order valence-electron chi connectivity index (χ3n) is 2.32. The topological polar surface area (TPSA) is 15.3 Å². The van der Waals surface area contributed by atoms with E-state index in [1.54, 1.807) is 0 Å². The van der Waals surface area contributed by atoms with Gasteiger partial charge in [0.1, 0.15) is 0 Å². The maximum Gasteiger partial charge on any atom is 0.0229 e. The van der Waals surface area contributed by atoms with Gasteiger partial charge in [-0.3, -0.25) is 4.90 Å². The Kier molecular flexibility index (Phi) is 5.47. The lowest BCUT2D eigenvalue weighted by molar-refractivity contribution is 0.168. The molecule has 1 unspecified atom stereocenters. The van der Waals surface area contributed by atoms with Crippen molar-refractivity contribution in [1.29, 1.82) is 0 Å². The van der Waals surface area contributed by atoms with Gasteiger partial charge in [-0.1, -0.05) is 0 Å². The number of hydrogen-bond donors (Lipinski definition) is 3. The molecule has 1 aliphatic rings. The highest BCUT2D eigenvalue weighted by atomic mass is 32.1. The van der Waals surface area contributed by atoms with Crippen LogP contribution in [-0.4, -0.2) is 48.6 Å². The van der Waals surface area contributed by atoms with Gasteiger partial charge in [-0.25, -0.2) is 0 Å². The second-order valence-corrected chi connectivity index (χ2v) is 4.02. The van der Waals surface area contributed by atoms with E-state index in [0.717, 1.165) is 31.1 Å². The molecule has 0 spiro atoms. The molecule has 72 valence electrons. The lowest BCUT2D eigenvalue weighted by Gasteiger charge is -2.35. The van der Waals surface area contributed by atoms with E-state index in [4.69, 9.17) is 0 Å². The van der Waals surface area contributed by atoms with Crippen molar-refractivity contribution in [2.45, 2.75) is 12.5 Å². The minimum absolute atomic E-state index is 0.684. The maximum atomic E-state index is 4.27. The molecule has 0 aromatic rings. The van der Waals surface area contributed by atoms with Gasteiger partial charge in [0.25, 0.3) is 0 Å². The van der Waals surface area contributed by atoms with Gasteiger partial charge >= 0.3 is 0 Å². The molecular formula is C8H18N2S2. The van der Waals surface area contributed by atoms with Crippen molar-refractivity contribution in [2.75, 3.05) is 37.7 Å². The van der Waals surface area contributed by atoms with Crippen LogP contribution >= 0.6 is 25.3 Å². The van der Waals surface area contributed by atoms with Gasteiger partial charge in [0.2, 0.25) is 0 Å². The molecule has 1 N–H and O–H groups in total. The van der Waals surface area contributed by atoms with E-state index in [-0.39, 0.29) is 0 Å². The molecule has 0 saturated carbocycles. The fraction of sp³-hybridized carbons (Fsp3) is 1.00. The van der Waals surface area contributed by atoms with Gasteiger partial charge < -0.3 is 5.32 Å². The van der Waals surface area contributed by atoms with E-state index in [9.17, 15) is 0 Å². The van der Waals surface area contributed by atoms with Crippen LogP contribution in [0.15, 0.2) is 0 Å². The summed E-state index contributed by atoms with van der Waals surface area (Å²) in [5.74, 6) is 1.94. The summed E-state index contributed by atoms with van der Waals surface area (Å²) < 4.78 is 0. The van der Waals surface area contributed by atoms with Crippen molar-refractivity contribution in [3.8, 4) is 0 Å². The smallest absolute Gasteiger partial charge is 0.0229 e. The number of piperazine rings is 1.